The second-order valence-electron chi connectivity index (χ2n) is 7.08. The molecule has 1 aromatic heterocycles. The molecule has 1 spiro atoms. The van der Waals surface area contributed by atoms with Gasteiger partial charge in [-0.05, 0) is 45.2 Å². The molecule has 2 unspecified atom stereocenters. The van der Waals surface area contributed by atoms with E-state index >= 15 is 0 Å². The maximum Gasteiger partial charge on any atom is 0.0417 e. The van der Waals surface area contributed by atoms with Crippen LogP contribution in [0.2, 0.25) is 0 Å². The summed E-state index contributed by atoms with van der Waals surface area (Å²) >= 11 is 1.98. The molecule has 118 valence electrons. The lowest BCUT2D eigenvalue weighted by Crippen LogP contribution is -2.64. The van der Waals surface area contributed by atoms with E-state index in [9.17, 15) is 0 Å². The van der Waals surface area contributed by atoms with E-state index in [0.29, 0.717) is 17.6 Å². The molecular formula is C18H30N2S. The molecule has 1 saturated heterocycles. The van der Waals surface area contributed by atoms with Crippen LogP contribution in [-0.2, 0) is 0 Å². The Labute approximate surface area is 133 Å². The van der Waals surface area contributed by atoms with Gasteiger partial charge in [-0.15, -0.1) is 11.3 Å². The first-order valence-electron chi connectivity index (χ1n) is 8.71. The first kappa shape index (κ1) is 15.5. The zero-order valence-electron chi connectivity index (χ0n) is 13.8. The molecule has 2 aliphatic rings. The maximum atomic E-state index is 3.94. The Kier molecular flexibility index (Phi) is 4.72. The van der Waals surface area contributed by atoms with Crippen LogP contribution in [0.5, 0.6) is 0 Å². The average Bonchev–Trinajstić information content (AvgIpc) is 2.94. The summed E-state index contributed by atoms with van der Waals surface area (Å²) < 4.78 is 0. The summed E-state index contributed by atoms with van der Waals surface area (Å²) in [6, 6.07) is 5.87. The summed E-state index contributed by atoms with van der Waals surface area (Å²) in [5, 5.41) is 3.94. The summed E-state index contributed by atoms with van der Waals surface area (Å²) in [4.78, 5) is 5.78. The fraction of sp³-hybridized carbons (Fsp3) is 0.778. The Bertz CT molecular complexity index is 462. The lowest BCUT2D eigenvalue weighted by Gasteiger charge is -2.51. The number of nitrogens with one attached hydrogen (secondary N) is 1. The summed E-state index contributed by atoms with van der Waals surface area (Å²) in [5.41, 5.74) is 0.407. The minimum Gasteiger partial charge on any atom is -0.308 e. The van der Waals surface area contributed by atoms with Gasteiger partial charge in [-0.25, -0.2) is 0 Å². The first-order valence-corrected chi connectivity index (χ1v) is 9.52. The smallest absolute Gasteiger partial charge is 0.0417 e. The third-order valence-corrected chi connectivity index (χ3v) is 6.79. The van der Waals surface area contributed by atoms with Crippen molar-refractivity contribution < 1.29 is 0 Å². The Hall–Kier alpha value is -0.380. The molecule has 2 nitrogen and oxygen atoms in total. The van der Waals surface area contributed by atoms with Gasteiger partial charge in [0.2, 0.25) is 0 Å². The van der Waals surface area contributed by atoms with Gasteiger partial charge in [-0.3, -0.25) is 4.90 Å². The average molecular weight is 307 g/mol. The summed E-state index contributed by atoms with van der Waals surface area (Å²) in [6.07, 6.45) is 8.23. The van der Waals surface area contributed by atoms with Crippen molar-refractivity contribution in [1.29, 1.82) is 0 Å². The van der Waals surface area contributed by atoms with Crippen molar-refractivity contribution in [2.24, 2.45) is 0 Å². The van der Waals surface area contributed by atoms with Gasteiger partial charge >= 0.3 is 0 Å². The summed E-state index contributed by atoms with van der Waals surface area (Å²) in [7, 11) is 0. The number of nitrogens with zero attached hydrogens (tertiary/aromatic N) is 1. The lowest BCUT2D eigenvalue weighted by atomic mass is 9.79. The highest BCUT2D eigenvalue weighted by atomic mass is 32.1. The highest BCUT2D eigenvalue weighted by molar-refractivity contribution is 7.12. The van der Waals surface area contributed by atoms with Crippen LogP contribution in [0.1, 0.15) is 68.2 Å². The van der Waals surface area contributed by atoms with Crippen molar-refractivity contribution in [3.8, 4) is 0 Å². The summed E-state index contributed by atoms with van der Waals surface area (Å²) in [5.74, 6) is 0. The second kappa shape index (κ2) is 6.39. The van der Waals surface area contributed by atoms with Crippen LogP contribution in [-0.4, -0.2) is 29.6 Å². The molecule has 21 heavy (non-hydrogen) atoms. The van der Waals surface area contributed by atoms with Gasteiger partial charge in [0.15, 0.2) is 0 Å². The molecule has 1 N–H and O–H groups in total. The second-order valence-corrected chi connectivity index (χ2v) is 8.40. The molecule has 1 aliphatic heterocycles. The topological polar surface area (TPSA) is 15.3 Å². The number of piperazine rings is 1. The van der Waals surface area contributed by atoms with E-state index in [1.807, 2.05) is 11.3 Å². The molecule has 0 aromatic carbocycles. The lowest BCUT2D eigenvalue weighted by molar-refractivity contribution is 0.0279. The van der Waals surface area contributed by atoms with Crippen molar-refractivity contribution in [3.05, 3.63) is 21.9 Å². The molecule has 1 saturated carbocycles. The van der Waals surface area contributed by atoms with Crippen LogP contribution in [0.15, 0.2) is 12.1 Å². The Morgan fingerprint density at radius 3 is 2.71 bits per heavy atom. The molecule has 2 fully saturated rings. The van der Waals surface area contributed by atoms with Crippen LogP contribution >= 0.6 is 11.3 Å². The molecule has 0 radical (unpaired) electrons. The molecular weight excluding hydrogens is 276 g/mol. The molecule has 3 heteroatoms. The van der Waals surface area contributed by atoms with E-state index in [2.05, 4.69) is 43.1 Å². The fourth-order valence-corrected chi connectivity index (χ4v) is 5.17. The van der Waals surface area contributed by atoms with Gasteiger partial charge in [-0.2, -0.15) is 0 Å². The van der Waals surface area contributed by atoms with Crippen molar-refractivity contribution in [2.45, 2.75) is 76.9 Å². The normalized spacial score (nSPS) is 27.9. The first-order chi connectivity index (χ1) is 10.1. The van der Waals surface area contributed by atoms with E-state index in [4.69, 9.17) is 0 Å². The predicted octanol–water partition coefficient (Wildman–Crippen LogP) is 4.50. The Balaban J connectivity index is 1.78. The number of rotatable bonds is 3. The monoisotopic (exact) mass is 306 g/mol. The van der Waals surface area contributed by atoms with Crippen molar-refractivity contribution in [2.75, 3.05) is 13.1 Å². The molecule has 0 amide bonds. The van der Waals surface area contributed by atoms with Crippen LogP contribution in [0.3, 0.4) is 0 Å². The maximum absolute atomic E-state index is 3.94. The van der Waals surface area contributed by atoms with E-state index in [-0.39, 0.29) is 0 Å². The van der Waals surface area contributed by atoms with E-state index in [1.165, 1.54) is 56.5 Å². The van der Waals surface area contributed by atoms with Gasteiger partial charge in [-0.1, -0.05) is 26.2 Å². The zero-order valence-corrected chi connectivity index (χ0v) is 14.6. The molecule has 2 atom stereocenters. The van der Waals surface area contributed by atoms with Gasteiger partial charge in [0.25, 0.3) is 0 Å². The molecule has 2 heterocycles. The third kappa shape index (κ3) is 3.20. The number of thiophene rings is 1. The van der Waals surface area contributed by atoms with Crippen LogP contribution < -0.4 is 5.32 Å². The third-order valence-electron chi connectivity index (χ3n) is 5.62. The fourth-order valence-electron chi connectivity index (χ4n) is 4.22. The quantitative estimate of drug-likeness (QED) is 0.884. The highest BCUT2D eigenvalue weighted by Gasteiger charge is 2.41. The van der Waals surface area contributed by atoms with Crippen molar-refractivity contribution in [1.82, 2.24) is 10.2 Å². The number of hydrogen-bond donors (Lipinski definition) is 1. The summed E-state index contributed by atoms with van der Waals surface area (Å²) in [6.45, 7) is 9.38. The van der Waals surface area contributed by atoms with Crippen LogP contribution in [0, 0.1) is 6.92 Å². The van der Waals surface area contributed by atoms with Gasteiger partial charge < -0.3 is 5.32 Å². The van der Waals surface area contributed by atoms with E-state index in [0.717, 1.165) is 0 Å². The van der Waals surface area contributed by atoms with E-state index in [1.54, 1.807) is 4.88 Å². The van der Waals surface area contributed by atoms with Crippen molar-refractivity contribution >= 4 is 11.3 Å². The Morgan fingerprint density at radius 2 is 2.10 bits per heavy atom. The number of hydrogen-bond acceptors (Lipinski definition) is 3. The SMILES string of the molecule is CCC1CNC2(CCCCC2)CN1C(C)c1ccc(C)s1. The van der Waals surface area contributed by atoms with Gasteiger partial charge in [0, 0.05) is 40.5 Å². The molecule has 1 aliphatic carbocycles. The zero-order chi connectivity index (χ0) is 14.9. The standard InChI is InChI=1S/C18H30N2S/c1-4-16-12-19-18(10-6-5-7-11-18)13-20(16)15(3)17-9-8-14(2)21-17/h8-9,15-16,19H,4-7,10-13H2,1-3H3. The van der Waals surface area contributed by atoms with Gasteiger partial charge in [0.1, 0.15) is 0 Å². The minimum absolute atomic E-state index is 0.407. The number of aryl methyl sites for hydroxylation is 1. The Morgan fingerprint density at radius 1 is 1.33 bits per heavy atom. The highest BCUT2D eigenvalue weighted by Crippen LogP contribution is 2.37. The molecule has 0 bridgehead atoms. The molecule has 1 aromatic rings. The minimum atomic E-state index is 0.407. The largest absolute Gasteiger partial charge is 0.308 e. The van der Waals surface area contributed by atoms with Crippen LogP contribution in [0.25, 0.3) is 0 Å². The van der Waals surface area contributed by atoms with Crippen molar-refractivity contribution in [3.63, 3.8) is 0 Å². The predicted molar refractivity (Wildman–Crippen MR) is 92.1 cm³/mol. The van der Waals surface area contributed by atoms with E-state index < -0.39 is 0 Å². The van der Waals surface area contributed by atoms with Gasteiger partial charge in [0.05, 0.1) is 0 Å². The van der Waals surface area contributed by atoms with Crippen LogP contribution in [0.4, 0.5) is 0 Å². The molecule has 3 rings (SSSR count).